The third kappa shape index (κ3) is 3.35. The molecule has 0 aliphatic carbocycles. The molecule has 5 heteroatoms. The van der Waals surface area contributed by atoms with Crippen molar-refractivity contribution in [3.63, 3.8) is 0 Å². The highest BCUT2D eigenvalue weighted by atomic mass is 32.1. The molecule has 19 heavy (non-hydrogen) atoms. The Hall–Kier alpha value is -1.35. The first-order chi connectivity index (χ1) is 9.26. The molecule has 1 aliphatic rings. The van der Waals surface area contributed by atoms with Crippen LogP contribution in [0.25, 0.3) is 0 Å². The van der Waals surface area contributed by atoms with Crippen LogP contribution in [-0.4, -0.2) is 42.2 Å². The predicted octanol–water partition coefficient (Wildman–Crippen LogP) is 0.903. The molecule has 0 spiro atoms. The van der Waals surface area contributed by atoms with Gasteiger partial charge in [-0.15, -0.1) is 11.3 Å². The van der Waals surface area contributed by atoms with Gasteiger partial charge in [0.15, 0.2) is 0 Å². The van der Waals surface area contributed by atoms with Crippen LogP contribution in [0.5, 0.6) is 0 Å². The van der Waals surface area contributed by atoms with Crippen LogP contribution in [0.2, 0.25) is 0 Å². The first kappa shape index (κ1) is 14.1. The number of carbonyl (C=O) groups is 1. The summed E-state index contributed by atoms with van der Waals surface area (Å²) in [5.74, 6) is 5.95. The highest BCUT2D eigenvalue weighted by Gasteiger charge is 2.25. The minimum Gasteiger partial charge on any atom is -0.396 e. The van der Waals surface area contributed by atoms with Gasteiger partial charge >= 0.3 is 0 Å². The number of aliphatic hydroxyl groups is 1. The minimum absolute atomic E-state index is 0.0227. The lowest BCUT2D eigenvalue weighted by Gasteiger charge is -2.31. The standard InChI is InChI=1S/C14H18N2O2S/c15-6-1-4-12-5-8-19-13(12)14(18)16-7-2-3-11(9-16)10-17/h5,8,11,17H,2-3,6-7,9-10,15H2. The van der Waals surface area contributed by atoms with Gasteiger partial charge in [-0.25, -0.2) is 0 Å². The molecule has 1 saturated heterocycles. The van der Waals surface area contributed by atoms with Crippen molar-refractivity contribution in [2.24, 2.45) is 11.7 Å². The number of hydrogen-bond donors (Lipinski definition) is 2. The molecule has 0 aromatic carbocycles. The van der Waals surface area contributed by atoms with Crippen LogP contribution in [-0.2, 0) is 0 Å². The number of carbonyl (C=O) groups excluding carboxylic acids is 1. The van der Waals surface area contributed by atoms with Crippen molar-refractivity contribution < 1.29 is 9.90 Å². The first-order valence-corrected chi connectivity index (χ1v) is 7.30. The quantitative estimate of drug-likeness (QED) is 0.790. The maximum Gasteiger partial charge on any atom is 0.265 e. The molecule has 2 heterocycles. The van der Waals surface area contributed by atoms with E-state index in [0.29, 0.717) is 18.0 Å². The summed E-state index contributed by atoms with van der Waals surface area (Å²) in [5.41, 5.74) is 6.11. The first-order valence-electron chi connectivity index (χ1n) is 6.42. The van der Waals surface area contributed by atoms with E-state index in [2.05, 4.69) is 11.8 Å². The van der Waals surface area contributed by atoms with E-state index in [0.717, 1.165) is 24.9 Å². The monoisotopic (exact) mass is 278 g/mol. The summed E-state index contributed by atoms with van der Waals surface area (Å²) in [6, 6.07) is 1.86. The minimum atomic E-state index is 0.0227. The highest BCUT2D eigenvalue weighted by Crippen LogP contribution is 2.22. The van der Waals surface area contributed by atoms with Gasteiger partial charge in [0.05, 0.1) is 6.54 Å². The zero-order valence-corrected chi connectivity index (χ0v) is 11.6. The maximum atomic E-state index is 12.5. The topological polar surface area (TPSA) is 66.6 Å². The molecule has 1 unspecified atom stereocenters. The molecule has 4 nitrogen and oxygen atoms in total. The van der Waals surface area contributed by atoms with Crippen LogP contribution < -0.4 is 5.73 Å². The average molecular weight is 278 g/mol. The van der Waals surface area contributed by atoms with Gasteiger partial charge in [0.1, 0.15) is 4.88 Å². The van der Waals surface area contributed by atoms with Crippen LogP contribution in [0, 0.1) is 17.8 Å². The lowest BCUT2D eigenvalue weighted by molar-refractivity contribution is 0.0625. The fourth-order valence-corrected chi connectivity index (χ4v) is 3.08. The van der Waals surface area contributed by atoms with Crippen LogP contribution in [0.4, 0.5) is 0 Å². The zero-order valence-electron chi connectivity index (χ0n) is 10.8. The third-order valence-corrected chi connectivity index (χ3v) is 4.15. The number of piperidine rings is 1. The van der Waals surface area contributed by atoms with Crippen molar-refractivity contribution >= 4 is 17.2 Å². The average Bonchev–Trinajstić information content (AvgIpc) is 2.92. The fraction of sp³-hybridized carbons (Fsp3) is 0.500. The Morgan fingerprint density at radius 3 is 3.21 bits per heavy atom. The number of nitrogens with two attached hydrogens (primary N) is 1. The van der Waals surface area contributed by atoms with E-state index in [1.165, 1.54) is 11.3 Å². The Balaban J connectivity index is 2.13. The summed E-state index contributed by atoms with van der Waals surface area (Å²) in [4.78, 5) is 15.0. The van der Waals surface area contributed by atoms with Crippen molar-refractivity contribution in [1.29, 1.82) is 0 Å². The summed E-state index contributed by atoms with van der Waals surface area (Å²) >= 11 is 1.41. The van der Waals surface area contributed by atoms with Gasteiger partial charge in [0, 0.05) is 25.3 Å². The maximum absolute atomic E-state index is 12.5. The molecule has 2 rings (SSSR count). The van der Waals surface area contributed by atoms with Gasteiger partial charge in [0.25, 0.3) is 5.91 Å². The van der Waals surface area contributed by atoms with Crippen LogP contribution >= 0.6 is 11.3 Å². The van der Waals surface area contributed by atoms with Crippen molar-refractivity contribution in [2.75, 3.05) is 26.2 Å². The number of amides is 1. The predicted molar refractivity (Wildman–Crippen MR) is 76.0 cm³/mol. The van der Waals surface area contributed by atoms with Crippen LogP contribution in [0.3, 0.4) is 0 Å². The van der Waals surface area contributed by atoms with E-state index < -0.39 is 0 Å². The summed E-state index contributed by atoms with van der Waals surface area (Å²) < 4.78 is 0. The van der Waals surface area contributed by atoms with Gasteiger partial charge < -0.3 is 15.7 Å². The van der Waals surface area contributed by atoms with Gasteiger partial charge in [-0.2, -0.15) is 0 Å². The van der Waals surface area contributed by atoms with Crippen molar-refractivity contribution in [3.05, 3.63) is 21.9 Å². The van der Waals surface area contributed by atoms with Crippen molar-refractivity contribution in [2.45, 2.75) is 12.8 Å². The summed E-state index contributed by atoms with van der Waals surface area (Å²) in [7, 11) is 0. The molecule has 1 aromatic rings. The Labute approximate surface area is 117 Å². The highest BCUT2D eigenvalue weighted by molar-refractivity contribution is 7.12. The largest absolute Gasteiger partial charge is 0.396 e. The fourth-order valence-electron chi connectivity index (χ4n) is 2.26. The molecule has 102 valence electrons. The molecular weight excluding hydrogens is 260 g/mol. The van der Waals surface area contributed by atoms with E-state index in [-0.39, 0.29) is 18.4 Å². The number of rotatable bonds is 2. The second kappa shape index (κ2) is 6.71. The molecule has 0 bridgehead atoms. The normalized spacial score (nSPS) is 18.8. The van der Waals surface area contributed by atoms with E-state index in [4.69, 9.17) is 5.73 Å². The van der Waals surface area contributed by atoms with E-state index in [1.54, 1.807) is 0 Å². The van der Waals surface area contributed by atoms with E-state index in [1.807, 2.05) is 16.3 Å². The molecule has 0 radical (unpaired) electrons. The van der Waals surface area contributed by atoms with E-state index in [9.17, 15) is 9.90 Å². The second-order valence-electron chi connectivity index (χ2n) is 4.61. The van der Waals surface area contributed by atoms with Crippen LogP contribution in [0.1, 0.15) is 28.1 Å². The van der Waals surface area contributed by atoms with Gasteiger partial charge in [-0.3, -0.25) is 4.79 Å². The molecule has 1 atom stereocenters. The number of thiophene rings is 1. The van der Waals surface area contributed by atoms with Gasteiger partial charge in [-0.1, -0.05) is 11.8 Å². The Morgan fingerprint density at radius 2 is 2.47 bits per heavy atom. The molecule has 3 N–H and O–H groups in total. The van der Waals surface area contributed by atoms with Crippen molar-refractivity contribution in [1.82, 2.24) is 4.90 Å². The smallest absolute Gasteiger partial charge is 0.265 e. The molecule has 1 aliphatic heterocycles. The van der Waals surface area contributed by atoms with Gasteiger partial charge in [0.2, 0.25) is 0 Å². The molecule has 0 saturated carbocycles. The Kier molecular flexibility index (Phi) is 4.97. The van der Waals surface area contributed by atoms with E-state index >= 15 is 0 Å². The Bertz CT molecular complexity index is 501. The summed E-state index contributed by atoms with van der Waals surface area (Å²) in [6.45, 7) is 1.84. The molecular formula is C14H18N2O2S. The lowest BCUT2D eigenvalue weighted by Crippen LogP contribution is -2.40. The van der Waals surface area contributed by atoms with Crippen LogP contribution in [0.15, 0.2) is 11.4 Å². The number of likely N-dealkylation sites (tertiary alicyclic amines) is 1. The summed E-state index contributed by atoms with van der Waals surface area (Å²) in [5, 5.41) is 11.1. The van der Waals surface area contributed by atoms with Gasteiger partial charge in [-0.05, 0) is 30.2 Å². The SMILES string of the molecule is NCC#Cc1ccsc1C(=O)N1CCCC(CO)C1. The molecule has 1 aromatic heterocycles. The zero-order chi connectivity index (χ0) is 13.7. The second-order valence-corrected chi connectivity index (χ2v) is 5.53. The third-order valence-electron chi connectivity index (χ3n) is 3.25. The number of hydrogen-bond acceptors (Lipinski definition) is 4. The van der Waals surface area contributed by atoms with Crippen molar-refractivity contribution in [3.8, 4) is 11.8 Å². The lowest BCUT2D eigenvalue weighted by atomic mass is 9.99. The number of aliphatic hydroxyl groups excluding tert-OH is 1. The summed E-state index contributed by atoms with van der Waals surface area (Å²) in [6.07, 6.45) is 1.94. The Morgan fingerprint density at radius 1 is 1.63 bits per heavy atom. The molecule has 1 fully saturated rings. The molecule has 1 amide bonds. The number of nitrogens with zero attached hydrogens (tertiary/aromatic N) is 1.